The molecule has 1 aromatic heterocycles. The Morgan fingerprint density at radius 1 is 1.00 bits per heavy atom. The van der Waals surface area contributed by atoms with Gasteiger partial charge in [0.2, 0.25) is 11.8 Å². The lowest BCUT2D eigenvalue weighted by atomic mass is 9.85. The number of carbonyl (C=O) groups is 2. The van der Waals surface area contributed by atoms with E-state index in [1.165, 1.54) is 89.4 Å². The van der Waals surface area contributed by atoms with Crippen molar-refractivity contribution in [1.82, 2.24) is 20.0 Å². The van der Waals surface area contributed by atoms with Crippen molar-refractivity contribution >= 4 is 22.7 Å². The molecule has 6 nitrogen and oxygen atoms in total. The Morgan fingerprint density at radius 2 is 1.79 bits per heavy atom. The highest BCUT2D eigenvalue weighted by Gasteiger charge is 2.32. The first kappa shape index (κ1) is 23.5. The molecule has 5 rings (SSSR count). The van der Waals surface area contributed by atoms with Gasteiger partial charge >= 0.3 is 0 Å². The molecule has 1 aromatic carbocycles. The lowest BCUT2D eigenvalue weighted by Crippen LogP contribution is -2.39. The topological polar surface area (TPSA) is 67.2 Å². The van der Waals surface area contributed by atoms with Crippen LogP contribution in [0.15, 0.2) is 18.2 Å². The summed E-state index contributed by atoms with van der Waals surface area (Å²) in [7, 11) is 1.96. The number of carbonyl (C=O) groups excluding carboxylic acids is 2. The van der Waals surface area contributed by atoms with Crippen LogP contribution in [0.5, 0.6) is 0 Å². The summed E-state index contributed by atoms with van der Waals surface area (Å²) in [4.78, 5) is 26.6. The Labute approximate surface area is 203 Å². The highest BCUT2D eigenvalue weighted by molar-refractivity contribution is 6.02. The number of amides is 2. The molecule has 6 heteroatoms. The minimum Gasteiger partial charge on any atom is -0.303 e. The number of unbranched alkanes of at least 4 members (excludes halogenated alkanes) is 1. The lowest BCUT2D eigenvalue weighted by Gasteiger charge is -2.32. The van der Waals surface area contributed by atoms with E-state index in [0.717, 1.165) is 22.5 Å². The number of benzene rings is 1. The van der Waals surface area contributed by atoms with Crippen LogP contribution in [0.3, 0.4) is 0 Å². The Kier molecular flexibility index (Phi) is 7.33. The molecule has 2 saturated heterocycles. The van der Waals surface area contributed by atoms with Crippen LogP contribution < -0.4 is 5.32 Å². The second kappa shape index (κ2) is 10.6. The molecule has 2 amide bonds. The standard InChI is InChI=1S/C28H40N4O2/c1-31-25-19-22(10-11-23(25)27(30-31)24-12-13-26(33)29-28(24)34)21-14-17-32(18-15-21)16-6-5-9-20-7-3-2-4-8-20/h10-11,19-21,24H,2-9,12-18H2,1H3,(H,29,33,34). The molecule has 0 bridgehead atoms. The molecule has 1 N–H and O–H groups in total. The number of fused-ring (bicyclic) bond motifs is 1. The van der Waals surface area contributed by atoms with Gasteiger partial charge in [-0.05, 0) is 68.8 Å². The van der Waals surface area contributed by atoms with Crippen molar-refractivity contribution in [2.45, 2.75) is 88.9 Å². The third kappa shape index (κ3) is 5.22. The molecule has 2 aliphatic heterocycles. The summed E-state index contributed by atoms with van der Waals surface area (Å²) >= 11 is 0. The van der Waals surface area contributed by atoms with E-state index in [9.17, 15) is 9.59 Å². The van der Waals surface area contributed by atoms with E-state index in [-0.39, 0.29) is 17.7 Å². The van der Waals surface area contributed by atoms with Crippen LogP contribution in [0.2, 0.25) is 0 Å². The number of hydrogen-bond donors (Lipinski definition) is 1. The van der Waals surface area contributed by atoms with Crippen LogP contribution in [-0.4, -0.2) is 46.1 Å². The molecule has 3 aliphatic rings. The van der Waals surface area contributed by atoms with Gasteiger partial charge in [0.05, 0.1) is 17.1 Å². The SMILES string of the molecule is Cn1nc(C2CCC(=O)NC2=O)c2ccc(C3CCN(CCCCC4CCCCC4)CC3)cc21. The summed E-state index contributed by atoms with van der Waals surface area (Å²) in [6, 6.07) is 6.67. The average molecular weight is 465 g/mol. The molecule has 34 heavy (non-hydrogen) atoms. The first-order valence-electron chi connectivity index (χ1n) is 13.6. The fourth-order valence-electron chi connectivity index (χ4n) is 6.50. The van der Waals surface area contributed by atoms with E-state index in [1.807, 2.05) is 11.7 Å². The molecule has 3 fully saturated rings. The Morgan fingerprint density at radius 3 is 2.56 bits per heavy atom. The first-order valence-corrected chi connectivity index (χ1v) is 13.6. The quantitative estimate of drug-likeness (QED) is 0.461. The van der Waals surface area contributed by atoms with Gasteiger partial charge < -0.3 is 4.90 Å². The zero-order valence-electron chi connectivity index (χ0n) is 20.7. The fourth-order valence-corrected chi connectivity index (χ4v) is 6.50. The van der Waals surface area contributed by atoms with Gasteiger partial charge in [-0.2, -0.15) is 5.10 Å². The van der Waals surface area contributed by atoms with Gasteiger partial charge in [0.15, 0.2) is 0 Å². The predicted octanol–water partition coefficient (Wildman–Crippen LogP) is 5.02. The second-order valence-corrected chi connectivity index (χ2v) is 10.9. The van der Waals surface area contributed by atoms with E-state index < -0.39 is 0 Å². The van der Waals surface area contributed by atoms with Gasteiger partial charge in [0.1, 0.15) is 0 Å². The van der Waals surface area contributed by atoms with Crippen LogP contribution in [0, 0.1) is 5.92 Å². The van der Waals surface area contributed by atoms with Gasteiger partial charge in [0.25, 0.3) is 0 Å². The predicted molar refractivity (Wildman–Crippen MR) is 135 cm³/mol. The van der Waals surface area contributed by atoms with Crippen LogP contribution >= 0.6 is 0 Å². The van der Waals surface area contributed by atoms with Gasteiger partial charge in [-0.25, -0.2) is 0 Å². The number of piperidine rings is 2. The molecule has 3 heterocycles. The van der Waals surface area contributed by atoms with Crippen molar-refractivity contribution in [3.8, 4) is 0 Å². The molecule has 2 aromatic rings. The van der Waals surface area contributed by atoms with Crippen molar-refractivity contribution in [2.24, 2.45) is 13.0 Å². The number of aromatic nitrogens is 2. The van der Waals surface area contributed by atoms with Gasteiger partial charge in [-0.1, -0.05) is 57.1 Å². The monoisotopic (exact) mass is 464 g/mol. The first-order chi connectivity index (χ1) is 16.6. The van der Waals surface area contributed by atoms with E-state index in [1.54, 1.807) is 0 Å². The Balaban J connectivity index is 1.15. The number of aryl methyl sites for hydroxylation is 1. The van der Waals surface area contributed by atoms with Crippen molar-refractivity contribution < 1.29 is 9.59 Å². The zero-order valence-corrected chi connectivity index (χ0v) is 20.7. The maximum atomic E-state index is 12.4. The lowest BCUT2D eigenvalue weighted by molar-refractivity contribution is -0.134. The molecule has 0 radical (unpaired) electrons. The van der Waals surface area contributed by atoms with E-state index >= 15 is 0 Å². The summed E-state index contributed by atoms with van der Waals surface area (Å²) in [6.45, 7) is 3.65. The van der Waals surface area contributed by atoms with Crippen molar-refractivity contribution in [3.63, 3.8) is 0 Å². The fraction of sp³-hybridized carbons (Fsp3) is 0.679. The number of nitrogens with one attached hydrogen (secondary N) is 1. The minimum atomic E-state index is -0.339. The summed E-state index contributed by atoms with van der Waals surface area (Å²) in [6.07, 6.45) is 14.9. The Hall–Kier alpha value is -2.21. The molecule has 184 valence electrons. The van der Waals surface area contributed by atoms with Crippen LogP contribution in [0.1, 0.15) is 100 Å². The normalized spacial score (nSPS) is 23.5. The van der Waals surface area contributed by atoms with Crippen molar-refractivity contribution in [3.05, 3.63) is 29.5 Å². The third-order valence-electron chi connectivity index (χ3n) is 8.59. The maximum Gasteiger partial charge on any atom is 0.235 e. The largest absolute Gasteiger partial charge is 0.303 e. The smallest absolute Gasteiger partial charge is 0.235 e. The molecular formula is C28H40N4O2. The summed E-state index contributed by atoms with van der Waals surface area (Å²) in [5, 5.41) is 8.21. The van der Waals surface area contributed by atoms with Crippen LogP contribution in [0.25, 0.3) is 10.9 Å². The minimum absolute atomic E-state index is 0.181. The van der Waals surface area contributed by atoms with Crippen molar-refractivity contribution in [2.75, 3.05) is 19.6 Å². The Bertz CT molecular complexity index is 1010. The molecular weight excluding hydrogens is 424 g/mol. The van der Waals surface area contributed by atoms with Gasteiger partial charge in [-0.15, -0.1) is 0 Å². The summed E-state index contributed by atoms with van der Waals surface area (Å²) < 4.78 is 1.90. The number of hydrogen-bond acceptors (Lipinski definition) is 4. The summed E-state index contributed by atoms with van der Waals surface area (Å²) in [5.74, 6) is 0.869. The van der Waals surface area contributed by atoms with E-state index in [2.05, 4.69) is 28.4 Å². The number of rotatable bonds is 7. The third-order valence-corrected chi connectivity index (χ3v) is 8.59. The molecule has 0 spiro atoms. The zero-order chi connectivity index (χ0) is 23.5. The maximum absolute atomic E-state index is 12.4. The van der Waals surface area contributed by atoms with E-state index in [0.29, 0.717) is 18.8 Å². The van der Waals surface area contributed by atoms with E-state index in [4.69, 9.17) is 5.10 Å². The van der Waals surface area contributed by atoms with Crippen LogP contribution in [-0.2, 0) is 16.6 Å². The molecule has 1 atom stereocenters. The average Bonchev–Trinajstić information content (AvgIpc) is 3.18. The number of imide groups is 1. The van der Waals surface area contributed by atoms with Gasteiger partial charge in [0, 0.05) is 18.9 Å². The number of nitrogens with zero attached hydrogens (tertiary/aromatic N) is 3. The summed E-state index contributed by atoms with van der Waals surface area (Å²) in [5.41, 5.74) is 3.28. The highest BCUT2D eigenvalue weighted by Crippen LogP contribution is 2.34. The van der Waals surface area contributed by atoms with Crippen LogP contribution in [0.4, 0.5) is 0 Å². The molecule has 1 saturated carbocycles. The van der Waals surface area contributed by atoms with Gasteiger partial charge in [-0.3, -0.25) is 19.6 Å². The van der Waals surface area contributed by atoms with Crippen molar-refractivity contribution in [1.29, 1.82) is 0 Å². The molecule has 1 aliphatic carbocycles. The highest BCUT2D eigenvalue weighted by atomic mass is 16.2. The number of likely N-dealkylation sites (tertiary alicyclic amines) is 1. The molecule has 1 unspecified atom stereocenters. The second-order valence-electron chi connectivity index (χ2n) is 10.9.